The van der Waals surface area contributed by atoms with E-state index in [0.717, 1.165) is 19.9 Å². The Morgan fingerprint density at radius 3 is 2.57 bits per heavy atom. The predicted molar refractivity (Wildman–Crippen MR) is 94.6 cm³/mol. The summed E-state index contributed by atoms with van der Waals surface area (Å²) >= 11 is 1.73. The molecule has 0 saturated carbocycles. The zero-order chi connectivity index (χ0) is 14.4. The molecule has 4 heteroatoms. The van der Waals surface area contributed by atoms with E-state index in [1.807, 2.05) is 24.3 Å². The Morgan fingerprint density at radius 1 is 1.00 bits per heavy atom. The third-order valence-electron chi connectivity index (χ3n) is 3.66. The van der Waals surface area contributed by atoms with E-state index in [9.17, 15) is 4.79 Å². The fraction of sp³-hybridized carbons (Fsp3) is 0.118. The van der Waals surface area contributed by atoms with Crippen LogP contribution in [0.15, 0.2) is 57.5 Å². The molecular weight excluding hydrogens is 316 g/mol. The topological polar surface area (TPSA) is 17.1 Å². The minimum absolute atomic E-state index is 0.152. The van der Waals surface area contributed by atoms with Gasteiger partial charge in [-0.05, 0) is 35.4 Å². The number of rotatable bonds is 1. The quantitative estimate of drug-likeness (QED) is 0.556. The van der Waals surface area contributed by atoms with Crippen LogP contribution in [0.4, 0.5) is 0 Å². The SMILES string of the molecule is Cc1ccc(C2SSc3sc4ccccc4c(=O)c32)cc1. The smallest absolute Gasteiger partial charge is 0.193 e. The summed E-state index contributed by atoms with van der Waals surface area (Å²) in [6.45, 7) is 2.09. The molecule has 0 spiro atoms. The van der Waals surface area contributed by atoms with Crippen LogP contribution in [0.5, 0.6) is 0 Å². The lowest BCUT2D eigenvalue weighted by Crippen LogP contribution is -2.10. The van der Waals surface area contributed by atoms with Crippen molar-refractivity contribution < 1.29 is 0 Å². The Balaban J connectivity index is 1.93. The molecule has 0 saturated heterocycles. The van der Waals surface area contributed by atoms with Gasteiger partial charge < -0.3 is 0 Å². The molecule has 0 bridgehead atoms. The second-order valence-electron chi connectivity index (χ2n) is 5.10. The van der Waals surface area contributed by atoms with Crippen molar-refractivity contribution in [2.24, 2.45) is 0 Å². The van der Waals surface area contributed by atoms with E-state index in [1.165, 1.54) is 11.1 Å². The molecule has 4 rings (SSSR count). The van der Waals surface area contributed by atoms with Crippen LogP contribution >= 0.6 is 32.9 Å². The largest absolute Gasteiger partial charge is 0.289 e. The van der Waals surface area contributed by atoms with Gasteiger partial charge in [0.05, 0.1) is 9.46 Å². The molecule has 1 unspecified atom stereocenters. The van der Waals surface area contributed by atoms with Gasteiger partial charge in [0.1, 0.15) is 0 Å². The van der Waals surface area contributed by atoms with Crippen molar-refractivity contribution in [3.05, 3.63) is 75.4 Å². The van der Waals surface area contributed by atoms with Crippen molar-refractivity contribution in [3.63, 3.8) is 0 Å². The van der Waals surface area contributed by atoms with Crippen molar-refractivity contribution in [1.82, 2.24) is 0 Å². The summed E-state index contributed by atoms with van der Waals surface area (Å²) in [7, 11) is 3.52. The fourth-order valence-corrected chi connectivity index (χ4v) is 7.19. The van der Waals surface area contributed by atoms with Gasteiger partial charge in [-0.3, -0.25) is 4.79 Å². The highest BCUT2D eigenvalue weighted by molar-refractivity contribution is 8.77. The molecule has 104 valence electrons. The molecule has 0 N–H and O–H groups in total. The first-order chi connectivity index (χ1) is 10.2. The number of benzene rings is 2. The Hall–Kier alpha value is -1.23. The molecule has 1 aliphatic heterocycles. The Morgan fingerprint density at radius 2 is 1.76 bits per heavy atom. The van der Waals surface area contributed by atoms with E-state index in [4.69, 9.17) is 0 Å². The van der Waals surface area contributed by atoms with Gasteiger partial charge in [-0.1, -0.05) is 52.8 Å². The summed E-state index contributed by atoms with van der Waals surface area (Å²) in [5.74, 6) is 0. The molecule has 1 aromatic heterocycles. The van der Waals surface area contributed by atoms with E-state index in [-0.39, 0.29) is 10.7 Å². The van der Waals surface area contributed by atoms with E-state index in [1.54, 1.807) is 32.9 Å². The van der Waals surface area contributed by atoms with Crippen LogP contribution in [0, 0.1) is 6.92 Å². The number of hydrogen-bond acceptors (Lipinski definition) is 4. The third kappa shape index (κ3) is 2.22. The minimum atomic E-state index is 0.152. The number of fused-ring (bicyclic) bond motifs is 2. The van der Waals surface area contributed by atoms with Gasteiger partial charge in [-0.25, -0.2) is 0 Å². The van der Waals surface area contributed by atoms with E-state index >= 15 is 0 Å². The lowest BCUT2D eigenvalue weighted by Gasteiger charge is -2.10. The summed E-state index contributed by atoms with van der Waals surface area (Å²) in [4.78, 5) is 12.9. The van der Waals surface area contributed by atoms with Crippen LogP contribution in [-0.4, -0.2) is 0 Å². The maximum Gasteiger partial charge on any atom is 0.193 e. The monoisotopic (exact) mass is 328 g/mol. The minimum Gasteiger partial charge on any atom is -0.289 e. The van der Waals surface area contributed by atoms with E-state index in [2.05, 4.69) is 31.2 Å². The number of aryl methyl sites for hydroxylation is 1. The highest BCUT2D eigenvalue weighted by atomic mass is 33.1. The van der Waals surface area contributed by atoms with Crippen LogP contribution < -0.4 is 5.43 Å². The second-order valence-corrected chi connectivity index (χ2v) is 8.73. The van der Waals surface area contributed by atoms with Crippen LogP contribution in [-0.2, 0) is 0 Å². The average Bonchev–Trinajstić information content (AvgIpc) is 2.92. The molecule has 2 aromatic carbocycles. The molecule has 1 aliphatic rings. The molecule has 1 nitrogen and oxygen atoms in total. The van der Waals surface area contributed by atoms with Crippen molar-refractivity contribution >= 4 is 43.0 Å². The first-order valence-electron chi connectivity index (χ1n) is 6.69. The van der Waals surface area contributed by atoms with Gasteiger partial charge in [0, 0.05) is 15.6 Å². The van der Waals surface area contributed by atoms with Crippen LogP contribution in [0.25, 0.3) is 10.1 Å². The molecule has 0 radical (unpaired) electrons. The van der Waals surface area contributed by atoms with Gasteiger partial charge in [0.15, 0.2) is 5.43 Å². The fourth-order valence-electron chi connectivity index (χ4n) is 2.53. The summed E-state index contributed by atoms with van der Waals surface area (Å²) in [6, 6.07) is 16.4. The highest BCUT2D eigenvalue weighted by Crippen LogP contribution is 2.56. The Kier molecular flexibility index (Phi) is 3.32. The average molecular weight is 328 g/mol. The van der Waals surface area contributed by atoms with Gasteiger partial charge >= 0.3 is 0 Å². The molecule has 3 aromatic rings. The zero-order valence-corrected chi connectivity index (χ0v) is 13.8. The first-order valence-corrected chi connectivity index (χ1v) is 9.72. The van der Waals surface area contributed by atoms with E-state index in [0.29, 0.717) is 0 Å². The zero-order valence-electron chi connectivity index (χ0n) is 11.3. The molecular formula is C17H12OS3. The first kappa shape index (κ1) is 13.4. The normalized spacial score (nSPS) is 17.1. The highest BCUT2D eigenvalue weighted by Gasteiger charge is 2.30. The van der Waals surface area contributed by atoms with Crippen molar-refractivity contribution in [2.45, 2.75) is 16.4 Å². The van der Waals surface area contributed by atoms with Gasteiger partial charge in [-0.15, -0.1) is 11.3 Å². The molecule has 0 amide bonds. The second kappa shape index (κ2) is 5.20. The van der Waals surface area contributed by atoms with Crippen LogP contribution in [0.3, 0.4) is 0 Å². The standard InChI is InChI=1S/C17H12OS3/c1-10-6-8-11(9-7-10)16-14-15(18)12-4-2-3-5-13(12)19-17(14)21-20-16/h2-9,16H,1H3. The maximum absolute atomic E-state index is 12.9. The summed E-state index contributed by atoms with van der Waals surface area (Å²) in [5, 5.41) is 1.00. The molecule has 0 fully saturated rings. The lowest BCUT2D eigenvalue weighted by molar-refractivity contribution is 1.12. The molecule has 0 aliphatic carbocycles. The maximum atomic E-state index is 12.9. The van der Waals surface area contributed by atoms with Crippen molar-refractivity contribution in [1.29, 1.82) is 0 Å². The van der Waals surface area contributed by atoms with Gasteiger partial charge in [-0.2, -0.15) is 0 Å². The third-order valence-corrected chi connectivity index (χ3v) is 7.99. The Bertz CT molecular complexity index is 881. The molecule has 21 heavy (non-hydrogen) atoms. The van der Waals surface area contributed by atoms with Gasteiger partial charge in [0.25, 0.3) is 0 Å². The van der Waals surface area contributed by atoms with Crippen LogP contribution in [0.2, 0.25) is 0 Å². The van der Waals surface area contributed by atoms with Crippen LogP contribution in [0.1, 0.15) is 21.9 Å². The molecule has 1 atom stereocenters. The summed E-state index contributed by atoms with van der Waals surface area (Å²) in [6.07, 6.45) is 0. The summed E-state index contributed by atoms with van der Waals surface area (Å²) < 4.78 is 2.24. The van der Waals surface area contributed by atoms with Gasteiger partial charge in [0.2, 0.25) is 0 Å². The summed E-state index contributed by atoms with van der Waals surface area (Å²) in [5.41, 5.74) is 3.63. The number of hydrogen-bond donors (Lipinski definition) is 0. The lowest BCUT2D eigenvalue weighted by atomic mass is 10.0. The van der Waals surface area contributed by atoms with Crippen molar-refractivity contribution in [2.75, 3.05) is 0 Å². The van der Waals surface area contributed by atoms with Crippen molar-refractivity contribution in [3.8, 4) is 0 Å². The Labute approximate surface area is 134 Å². The van der Waals surface area contributed by atoms with E-state index < -0.39 is 0 Å². The predicted octanol–water partition coefficient (Wildman–Crippen LogP) is 5.41. The molecule has 2 heterocycles.